The van der Waals surface area contributed by atoms with Crippen molar-refractivity contribution in [2.24, 2.45) is 0 Å². The predicted octanol–water partition coefficient (Wildman–Crippen LogP) is 1.98. The fourth-order valence-electron chi connectivity index (χ4n) is 1.23. The van der Waals surface area contributed by atoms with Crippen LogP contribution in [0.4, 0.5) is 0 Å². The van der Waals surface area contributed by atoms with Crippen LogP contribution in [0.15, 0.2) is 10.7 Å². The molecule has 0 amide bonds. The quantitative estimate of drug-likeness (QED) is 0.737. The van der Waals surface area contributed by atoms with Gasteiger partial charge in [-0.1, -0.05) is 0 Å². The average molecular weight is 280 g/mol. The van der Waals surface area contributed by atoms with Crippen molar-refractivity contribution in [1.29, 1.82) is 0 Å². The zero-order chi connectivity index (χ0) is 9.97. The van der Waals surface area contributed by atoms with Crippen LogP contribution in [-0.4, -0.2) is 29.8 Å². The molecule has 1 saturated heterocycles. The Bertz CT molecular complexity index is 331. The van der Waals surface area contributed by atoms with Crippen molar-refractivity contribution in [2.45, 2.75) is 6.10 Å². The van der Waals surface area contributed by atoms with E-state index in [2.05, 4.69) is 25.9 Å². The summed E-state index contributed by atoms with van der Waals surface area (Å²) in [5.74, 6) is 0. The van der Waals surface area contributed by atoms with Gasteiger partial charge >= 0.3 is 0 Å². The number of halogens is 2. The van der Waals surface area contributed by atoms with Gasteiger partial charge in [-0.15, -0.1) is 0 Å². The van der Waals surface area contributed by atoms with Crippen molar-refractivity contribution < 1.29 is 9.47 Å². The Balaban J connectivity index is 2.24. The topological polar surface area (TPSA) is 44.2 Å². The molecule has 76 valence electrons. The Hall–Kier alpha value is -0.230. The van der Waals surface area contributed by atoms with E-state index in [0.717, 1.165) is 10.2 Å². The highest BCUT2D eigenvalue weighted by Gasteiger charge is 2.21. The Morgan fingerprint density at radius 2 is 2.36 bits per heavy atom. The third-order valence-corrected chi connectivity index (χ3v) is 2.66. The van der Waals surface area contributed by atoms with Crippen LogP contribution < -0.4 is 0 Å². The van der Waals surface area contributed by atoms with Crippen molar-refractivity contribution in [1.82, 2.24) is 9.97 Å². The molecule has 0 unspecified atom stereocenters. The van der Waals surface area contributed by atoms with Crippen molar-refractivity contribution in [2.75, 3.05) is 19.8 Å². The first-order chi connectivity index (χ1) is 6.77. The molecule has 0 bridgehead atoms. The zero-order valence-electron chi connectivity index (χ0n) is 7.24. The van der Waals surface area contributed by atoms with Gasteiger partial charge in [0.1, 0.15) is 6.10 Å². The first-order valence-corrected chi connectivity index (χ1v) is 5.32. The second-order valence-corrected chi connectivity index (χ2v) is 4.00. The Kier molecular flexibility index (Phi) is 3.33. The highest BCUT2D eigenvalue weighted by molar-refractivity contribution is 9.10. The van der Waals surface area contributed by atoms with Crippen LogP contribution >= 0.6 is 27.5 Å². The highest BCUT2D eigenvalue weighted by atomic mass is 79.9. The minimum atomic E-state index is -0.154. The zero-order valence-corrected chi connectivity index (χ0v) is 9.58. The normalized spacial score (nSPS) is 22.3. The second-order valence-electron chi connectivity index (χ2n) is 2.81. The van der Waals surface area contributed by atoms with E-state index in [1.165, 1.54) is 0 Å². The number of rotatable bonds is 1. The summed E-state index contributed by atoms with van der Waals surface area (Å²) in [6, 6.07) is 0. The smallest absolute Gasteiger partial charge is 0.222 e. The van der Waals surface area contributed by atoms with E-state index in [0.29, 0.717) is 19.8 Å². The molecule has 2 rings (SSSR count). The number of hydrogen-bond acceptors (Lipinski definition) is 4. The molecule has 0 radical (unpaired) electrons. The molecule has 1 aromatic heterocycles. The molecule has 0 spiro atoms. The molecule has 1 fully saturated rings. The fraction of sp³-hybridized carbons (Fsp3) is 0.500. The summed E-state index contributed by atoms with van der Waals surface area (Å²) in [5.41, 5.74) is 0.740. The number of nitrogens with zero attached hydrogens (tertiary/aromatic N) is 2. The molecule has 1 aliphatic rings. The summed E-state index contributed by atoms with van der Waals surface area (Å²) in [6.45, 7) is 1.72. The van der Waals surface area contributed by atoms with Gasteiger partial charge in [-0.05, 0) is 27.5 Å². The fourth-order valence-corrected chi connectivity index (χ4v) is 1.82. The Morgan fingerprint density at radius 3 is 3.07 bits per heavy atom. The molecular weight excluding hydrogens is 271 g/mol. The first-order valence-electron chi connectivity index (χ1n) is 4.14. The Labute approximate surface area is 94.7 Å². The van der Waals surface area contributed by atoms with Crippen LogP contribution in [0.1, 0.15) is 11.8 Å². The van der Waals surface area contributed by atoms with E-state index >= 15 is 0 Å². The maximum atomic E-state index is 5.70. The molecule has 1 aromatic rings. The lowest BCUT2D eigenvalue weighted by molar-refractivity contribution is -0.0921. The van der Waals surface area contributed by atoms with E-state index in [4.69, 9.17) is 21.1 Å². The molecule has 1 atom stereocenters. The van der Waals surface area contributed by atoms with Crippen LogP contribution in [0, 0.1) is 0 Å². The van der Waals surface area contributed by atoms with Crippen molar-refractivity contribution in [3.05, 3.63) is 21.6 Å². The van der Waals surface area contributed by atoms with Crippen molar-refractivity contribution in [3.8, 4) is 0 Å². The van der Waals surface area contributed by atoms with Crippen LogP contribution in [0.5, 0.6) is 0 Å². The van der Waals surface area contributed by atoms with Gasteiger partial charge in [0.15, 0.2) is 0 Å². The van der Waals surface area contributed by atoms with Gasteiger partial charge in [0.05, 0.1) is 30.0 Å². The molecule has 0 N–H and O–H groups in total. The van der Waals surface area contributed by atoms with Gasteiger partial charge in [0.2, 0.25) is 5.28 Å². The van der Waals surface area contributed by atoms with Gasteiger partial charge in [-0.25, -0.2) is 9.97 Å². The largest absolute Gasteiger partial charge is 0.376 e. The van der Waals surface area contributed by atoms with Crippen molar-refractivity contribution in [3.63, 3.8) is 0 Å². The van der Waals surface area contributed by atoms with Gasteiger partial charge < -0.3 is 9.47 Å². The minimum absolute atomic E-state index is 0.154. The van der Waals surface area contributed by atoms with E-state index in [-0.39, 0.29) is 11.4 Å². The van der Waals surface area contributed by atoms with E-state index in [9.17, 15) is 0 Å². The summed E-state index contributed by atoms with van der Waals surface area (Å²) in [5, 5.41) is 0.220. The standard InChI is InChI=1S/C8H8BrClN2O2/c9-5-3-11-8(10)12-7(5)6-4-13-1-2-14-6/h3,6H,1-2,4H2/t6-/m0/s1. The second kappa shape index (κ2) is 4.53. The molecule has 6 heteroatoms. The molecule has 1 aliphatic heterocycles. The summed E-state index contributed by atoms with van der Waals surface area (Å²) in [6.07, 6.45) is 1.46. The van der Waals surface area contributed by atoms with E-state index in [1.807, 2.05) is 0 Å². The number of hydrogen-bond donors (Lipinski definition) is 0. The molecule has 0 aliphatic carbocycles. The molecule has 4 nitrogen and oxygen atoms in total. The van der Waals surface area contributed by atoms with Gasteiger partial charge in [-0.3, -0.25) is 0 Å². The maximum Gasteiger partial charge on any atom is 0.222 e. The molecule has 0 saturated carbocycles. The average Bonchev–Trinajstić information content (AvgIpc) is 2.23. The summed E-state index contributed by atoms with van der Waals surface area (Å²) in [4.78, 5) is 7.94. The number of ether oxygens (including phenoxy) is 2. The third kappa shape index (κ3) is 2.23. The molecule has 0 aromatic carbocycles. The van der Waals surface area contributed by atoms with Crippen LogP contribution in [0.2, 0.25) is 5.28 Å². The highest BCUT2D eigenvalue weighted by Crippen LogP contribution is 2.26. The van der Waals surface area contributed by atoms with Gasteiger partial charge in [-0.2, -0.15) is 0 Å². The van der Waals surface area contributed by atoms with Crippen LogP contribution in [-0.2, 0) is 9.47 Å². The lowest BCUT2D eigenvalue weighted by Crippen LogP contribution is -2.23. The Morgan fingerprint density at radius 1 is 1.50 bits per heavy atom. The summed E-state index contributed by atoms with van der Waals surface area (Å²) >= 11 is 9.04. The van der Waals surface area contributed by atoms with Crippen LogP contribution in [0.25, 0.3) is 0 Å². The lowest BCUT2D eigenvalue weighted by Gasteiger charge is -2.22. The molecule has 14 heavy (non-hydrogen) atoms. The molecular formula is C8H8BrClN2O2. The predicted molar refractivity (Wildman–Crippen MR) is 54.3 cm³/mol. The lowest BCUT2D eigenvalue weighted by atomic mass is 10.2. The minimum Gasteiger partial charge on any atom is -0.376 e. The van der Waals surface area contributed by atoms with Gasteiger partial charge in [0.25, 0.3) is 0 Å². The third-order valence-electron chi connectivity index (χ3n) is 1.86. The van der Waals surface area contributed by atoms with Gasteiger partial charge in [0, 0.05) is 6.20 Å². The van der Waals surface area contributed by atoms with E-state index in [1.54, 1.807) is 6.20 Å². The summed E-state index contributed by atoms with van der Waals surface area (Å²) < 4.78 is 11.6. The first kappa shape index (κ1) is 10.3. The number of aromatic nitrogens is 2. The summed E-state index contributed by atoms with van der Waals surface area (Å²) in [7, 11) is 0. The van der Waals surface area contributed by atoms with Crippen molar-refractivity contribution >= 4 is 27.5 Å². The van der Waals surface area contributed by atoms with E-state index < -0.39 is 0 Å². The molecule has 2 heterocycles. The van der Waals surface area contributed by atoms with Crippen LogP contribution in [0.3, 0.4) is 0 Å². The maximum absolute atomic E-state index is 5.70. The monoisotopic (exact) mass is 278 g/mol. The SMILES string of the molecule is Clc1ncc(Br)c([C@@H]2COCCO2)n1.